The van der Waals surface area contributed by atoms with Crippen molar-refractivity contribution in [1.82, 2.24) is 4.90 Å². The largest absolute Gasteiger partial charge is 0.454 e. The lowest BCUT2D eigenvalue weighted by Gasteiger charge is -2.37. The number of para-hydroxylation sites is 1. The van der Waals surface area contributed by atoms with E-state index in [-0.39, 0.29) is 37.3 Å². The molecule has 2 aliphatic heterocycles. The van der Waals surface area contributed by atoms with E-state index in [9.17, 15) is 19.2 Å². The maximum Gasteiger partial charge on any atom is 0.299 e. The number of anilines is 2. The van der Waals surface area contributed by atoms with E-state index in [0.717, 1.165) is 24.0 Å². The zero-order valence-electron chi connectivity index (χ0n) is 23.2. The van der Waals surface area contributed by atoms with Gasteiger partial charge in [0.2, 0.25) is 18.6 Å². The quantitative estimate of drug-likeness (QED) is 0.315. The number of aryl methyl sites for hydroxylation is 1. The first-order valence-corrected chi connectivity index (χ1v) is 14.0. The third-order valence-corrected chi connectivity index (χ3v) is 7.97. The minimum absolute atomic E-state index is 0.115. The van der Waals surface area contributed by atoms with Crippen molar-refractivity contribution in [2.24, 2.45) is 5.92 Å². The molecule has 0 spiro atoms. The molecule has 0 saturated carbocycles. The number of allylic oxidation sites excluding steroid dienone is 2. The lowest BCUT2D eigenvalue weighted by atomic mass is 9.85. The highest BCUT2D eigenvalue weighted by molar-refractivity contribution is 6.52. The summed E-state index contributed by atoms with van der Waals surface area (Å²) in [5.41, 5.74) is 3.12. The van der Waals surface area contributed by atoms with Crippen LogP contribution in [0.4, 0.5) is 11.4 Å². The van der Waals surface area contributed by atoms with Crippen LogP contribution in [0.1, 0.15) is 40.7 Å². The fourth-order valence-electron chi connectivity index (χ4n) is 5.77. The van der Waals surface area contributed by atoms with Crippen LogP contribution in [0.5, 0.6) is 11.5 Å². The molecule has 9 heteroatoms. The van der Waals surface area contributed by atoms with Gasteiger partial charge in [0.05, 0.1) is 11.3 Å². The number of nitrogens with zero attached hydrogens (tertiary/aromatic N) is 2. The van der Waals surface area contributed by atoms with Crippen molar-refractivity contribution in [1.29, 1.82) is 0 Å². The molecular formula is C33H31N3O6. The van der Waals surface area contributed by atoms with E-state index in [1.807, 2.05) is 37.3 Å². The highest BCUT2D eigenvalue weighted by Crippen LogP contribution is 2.35. The number of carbonyl (C=O) groups is 4. The van der Waals surface area contributed by atoms with Gasteiger partial charge < -0.3 is 19.7 Å². The highest BCUT2D eigenvalue weighted by Gasteiger charge is 2.41. The zero-order chi connectivity index (χ0) is 29.2. The van der Waals surface area contributed by atoms with Gasteiger partial charge in [-0.25, -0.2) is 0 Å². The molecule has 1 aliphatic carbocycles. The Kier molecular flexibility index (Phi) is 7.48. The van der Waals surface area contributed by atoms with Gasteiger partial charge in [0.1, 0.15) is 12.6 Å². The molecule has 3 aromatic carbocycles. The van der Waals surface area contributed by atoms with E-state index in [2.05, 4.69) is 11.4 Å². The van der Waals surface area contributed by atoms with Crippen LogP contribution in [0.15, 0.2) is 78.9 Å². The van der Waals surface area contributed by atoms with Crippen LogP contribution in [0, 0.1) is 12.8 Å². The van der Waals surface area contributed by atoms with Crippen LogP contribution in [-0.2, 0) is 20.9 Å². The van der Waals surface area contributed by atoms with Crippen molar-refractivity contribution in [3.8, 4) is 11.5 Å². The number of rotatable bonds is 8. The maximum atomic E-state index is 14.2. The van der Waals surface area contributed by atoms with Crippen LogP contribution in [0.2, 0.25) is 0 Å². The summed E-state index contributed by atoms with van der Waals surface area (Å²) in [6.07, 6.45) is 6.26. The normalized spacial score (nSPS) is 17.6. The second-order valence-electron chi connectivity index (χ2n) is 10.8. The maximum absolute atomic E-state index is 14.2. The fourth-order valence-corrected chi connectivity index (χ4v) is 5.77. The monoisotopic (exact) mass is 565 g/mol. The Hall–Kier alpha value is -4.92. The number of Topliss-reactive ketones (excluding diaryl/α,β-unsaturated/α-hetero) is 1. The molecule has 42 heavy (non-hydrogen) atoms. The smallest absolute Gasteiger partial charge is 0.299 e. The SMILES string of the molecule is Cc1ccc(CN(C(=O)CN2C(=O)C(=O)c3ccccc32)C(C(=O)Nc2ccc3c(c2)OCO3)C2CC=CCC2)cc1. The third-order valence-electron chi connectivity index (χ3n) is 7.97. The molecule has 3 aromatic rings. The average Bonchev–Trinajstić information content (AvgIpc) is 3.57. The lowest BCUT2D eigenvalue weighted by molar-refractivity contribution is -0.140. The van der Waals surface area contributed by atoms with Crippen molar-refractivity contribution < 1.29 is 28.7 Å². The topological polar surface area (TPSA) is 105 Å². The molecule has 2 atom stereocenters. The molecular weight excluding hydrogens is 534 g/mol. The van der Waals surface area contributed by atoms with Gasteiger partial charge in [-0.05, 0) is 61.9 Å². The Bertz CT molecular complexity index is 1580. The summed E-state index contributed by atoms with van der Waals surface area (Å²) in [6, 6.07) is 18.8. The number of hydrogen-bond donors (Lipinski definition) is 1. The molecule has 3 aliphatic rings. The molecule has 2 unspecified atom stereocenters. The van der Waals surface area contributed by atoms with Crippen LogP contribution < -0.4 is 19.7 Å². The number of nitrogens with one attached hydrogen (secondary N) is 1. The third kappa shape index (κ3) is 5.37. The van der Waals surface area contributed by atoms with Crippen molar-refractivity contribution in [2.45, 2.75) is 38.8 Å². The van der Waals surface area contributed by atoms with Gasteiger partial charge in [-0.15, -0.1) is 0 Å². The number of amides is 3. The molecule has 1 N–H and O–H groups in total. The number of hydrogen-bond acceptors (Lipinski definition) is 6. The molecule has 0 saturated heterocycles. The van der Waals surface area contributed by atoms with E-state index < -0.39 is 23.6 Å². The van der Waals surface area contributed by atoms with Gasteiger partial charge >= 0.3 is 0 Å². The van der Waals surface area contributed by atoms with Gasteiger partial charge in [-0.3, -0.25) is 24.1 Å². The highest BCUT2D eigenvalue weighted by atomic mass is 16.7. The van der Waals surface area contributed by atoms with E-state index in [1.165, 1.54) is 4.90 Å². The summed E-state index contributed by atoms with van der Waals surface area (Å²) in [6.45, 7) is 1.90. The summed E-state index contributed by atoms with van der Waals surface area (Å²) in [5.74, 6) is -1.16. The Morgan fingerprint density at radius 2 is 1.79 bits per heavy atom. The standard InChI is InChI=1S/C33H31N3O6/c1-21-11-13-22(14-12-21)18-36(29(37)19-35-26-10-6-5-9-25(26)31(38)33(35)40)30(23-7-3-2-4-8-23)32(39)34-24-15-16-27-28(17-24)42-20-41-27/h2-3,5-6,9-17,23,30H,4,7-8,18-20H2,1H3,(H,34,39). The Balaban J connectivity index is 1.34. The summed E-state index contributed by atoms with van der Waals surface area (Å²) in [4.78, 5) is 56.7. The minimum Gasteiger partial charge on any atom is -0.454 e. The summed E-state index contributed by atoms with van der Waals surface area (Å²) < 4.78 is 10.9. The average molecular weight is 566 g/mol. The first-order chi connectivity index (χ1) is 20.4. The van der Waals surface area contributed by atoms with Gasteiger partial charge in [-0.1, -0.05) is 54.1 Å². The van der Waals surface area contributed by atoms with Gasteiger partial charge in [0, 0.05) is 18.3 Å². The first-order valence-electron chi connectivity index (χ1n) is 14.0. The second-order valence-corrected chi connectivity index (χ2v) is 10.8. The fraction of sp³-hybridized carbons (Fsp3) is 0.273. The van der Waals surface area contributed by atoms with Crippen LogP contribution in [0.3, 0.4) is 0 Å². The van der Waals surface area contributed by atoms with Crippen LogP contribution in [-0.4, -0.2) is 47.8 Å². The summed E-state index contributed by atoms with van der Waals surface area (Å²) in [7, 11) is 0. The molecule has 9 nitrogen and oxygen atoms in total. The molecule has 6 rings (SSSR count). The number of fused-ring (bicyclic) bond motifs is 2. The van der Waals surface area contributed by atoms with Gasteiger partial charge in [0.15, 0.2) is 11.5 Å². The van der Waals surface area contributed by atoms with E-state index in [1.54, 1.807) is 47.4 Å². The predicted octanol–water partition coefficient (Wildman–Crippen LogP) is 4.65. The molecule has 3 amide bonds. The van der Waals surface area contributed by atoms with Crippen LogP contribution >= 0.6 is 0 Å². The van der Waals surface area contributed by atoms with E-state index in [4.69, 9.17) is 9.47 Å². The Labute approximate surface area is 243 Å². The molecule has 0 bridgehead atoms. The van der Waals surface area contributed by atoms with Crippen molar-refractivity contribution >= 4 is 34.9 Å². The molecule has 2 heterocycles. The number of ketones is 1. The zero-order valence-corrected chi connectivity index (χ0v) is 23.2. The Morgan fingerprint density at radius 3 is 2.57 bits per heavy atom. The number of benzene rings is 3. The summed E-state index contributed by atoms with van der Waals surface area (Å²) >= 11 is 0. The van der Waals surface area contributed by atoms with Crippen molar-refractivity contribution in [2.75, 3.05) is 23.6 Å². The van der Waals surface area contributed by atoms with E-state index in [0.29, 0.717) is 29.3 Å². The number of ether oxygens (including phenoxy) is 2. The molecule has 0 radical (unpaired) electrons. The van der Waals surface area contributed by atoms with Gasteiger partial charge in [-0.2, -0.15) is 0 Å². The number of carbonyl (C=O) groups excluding carboxylic acids is 4. The summed E-state index contributed by atoms with van der Waals surface area (Å²) in [5, 5.41) is 3.00. The Morgan fingerprint density at radius 1 is 1.00 bits per heavy atom. The minimum atomic E-state index is -0.835. The molecule has 0 aromatic heterocycles. The molecule has 0 fully saturated rings. The van der Waals surface area contributed by atoms with Crippen LogP contribution in [0.25, 0.3) is 0 Å². The molecule has 214 valence electrons. The second kappa shape index (κ2) is 11.5. The lowest BCUT2D eigenvalue weighted by Crippen LogP contribution is -2.54. The van der Waals surface area contributed by atoms with Crippen molar-refractivity contribution in [3.05, 3.63) is 95.6 Å². The van der Waals surface area contributed by atoms with Crippen molar-refractivity contribution in [3.63, 3.8) is 0 Å². The van der Waals surface area contributed by atoms with E-state index >= 15 is 0 Å². The van der Waals surface area contributed by atoms with Gasteiger partial charge in [0.25, 0.3) is 11.7 Å². The first kappa shape index (κ1) is 27.3. The predicted molar refractivity (Wildman–Crippen MR) is 156 cm³/mol.